The smallest absolute Gasteiger partial charge is 0.405 e. The van der Waals surface area contributed by atoms with E-state index in [9.17, 15) is 9.59 Å². The molecule has 2 N–H and O–H groups in total. The van der Waals surface area contributed by atoms with E-state index < -0.39 is 6.09 Å². The van der Waals surface area contributed by atoms with Gasteiger partial charge in [0.1, 0.15) is 6.54 Å². The summed E-state index contributed by atoms with van der Waals surface area (Å²) >= 11 is 0. The van der Waals surface area contributed by atoms with Gasteiger partial charge in [-0.1, -0.05) is 13.8 Å². The molecule has 0 spiro atoms. The van der Waals surface area contributed by atoms with Gasteiger partial charge in [-0.15, -0.1) is 0 Å². The Kier molecular flexibility index (Phi) is 5.93. The fourth-order valence-corrected chi connectivity index (χ4v) is 4.36. The lowest BCUT2D eigenvalue weighted by molar-refractivity contribution is -0.136. The summed E-state index contributed by atoms with van der Waals surface area (Å²) < 4.78 is 5.64. The maximum absolute atomic E-state index is 12.0. The molecule has 0 unspecified atom stereocenters. The third-order valence-corrected chi connectivity index (χ3v) is 6.46. The van der Waals surface area contributed by atoms with E-state index in [-0.39, 0.29) is 18.5 Å². The summed E-state index contributed by atoms with van der Waals surface area (Å²) in [5.41, 5.74) is 4.20. The average Bonchev–Trinajstić information content (AvgIpc) is 3.57. The lowest BCUT2D eigenvalue weighted by Crippen LogP contribution is -2.53. The minimum atomic E-state index is -1.21. The van der Waals surface area contributed by atoms with Crippen molar-refractivity contribution in [1.29, 1.82) is 0 Å². The lowest BCUT2D eigenvalue weighted by Gasteiger charge is -2.39. The number of rotatable bonds is 8. The van der Waals surface area contributed by atoms with Crippen LogP contribution in [0.5, 0.6) is 0 Å². The predicted octanol–water partition coefficient (Wildman–Crippen LogP) is 2.47. The number of carbonyl (C=O) groups excluding carboxylic acids is 1. The summed E-state index contributed by atoms with van der Waals surface area (Å²) in [7, 11) is 0. The number of amides is 2. The van der Waals surface area contributed by atoms with E-state index in [1.165, 1.54) is 0 Å². The van der Waals surface area contributed by atoms with Crippen molar-refractivity contribution in [3.8, 4) is 22.5 Å². The molecule has 0 aliphatic carbocycles. The first-order valence-electron chi connectivity index (χ1n) is 11.6. The fraction of sp³-hybridized carbons (Fsp3) is 0.391. The average molecular weight is 478 g/mol. The minimum absolute atomic E-state index is 0.0312. The second-order valence-corrected chi connectivity index (χ2v) is 8.64. The van der Waals surface area contributed by atoms with Crippen LogP contribution in [0.4, 0.5) is 4.79 Å². The largest absolute Gasteiger partial charge is 0.465 e. The summed E-state index contributed by atoms with van der Waals surface area (Å²) in [5, 5.41) is 24.2. The van der Waals surface area contributed by atoms with Crippen molar-refractivity contribution in [3.63, 3.8) is 0 Å². The van der Waals surface area contributed by atoms with Crippen LogP contribution in [0, 0.1) is 0 Å². The minimum Gasteiger partial charge on any atom is -0.465 e. The monoisotopic (exact) mass is 477 g/mol. The molecule has 1 fully saturated rings. The van der Waals surface area contributed by atoms with Crippen molar-refractivity contribution < 1.29 is 14.7 Å². The van der Waals surface area contributed by atoms with Crippen molar-refractivity contribution in [1.82, 2.24) is 44.4 Å². The molecule has 182 valence electrons. The highest BCUT2D eigenvalue weighted by atomic mass is 16.4. The lowest BCUT2D eigenvalue weighted by atomic mass is 10.1. The number of likely N-dealkylation sites (tertiary alicyclic amines) is 1. The summed E-state index contributed by atoms with van der Waals surface area (Å²) in [6.45, 7) is 5.05. The Morgan fingerprint density at radius 3 is 2.60 bits per heavy atom. The molecule has 0 aromatic carbocycles. The Balaban J connectivity index is 1.37. The van der Waals surface area contributed by atoms with E-state index in [2.05, 4.69) is 34.5 Å². The van der Waals surface area contributed by atoms with Gasteiger partial charge in [-0.2, -0.15) is 15.3 Å². The second-order valence-electron chi connectivity index (χ2n) is 8.64. The summed E-state index contributed by atoms with van der Waals surface area (Å²) in [6.07, 6.45) is 12.0. The molecule has 4 aromatic heterocycles. The predicted molar refractivity (Wildman–Crippen MR) is 127 cm³/mol. The van der Waals surface area contributed by atoms with E-state index in [0.717, 1.165) is 40.9 Å². The number of nitrogens with zero attached hydrogens (tertiary/aromatic N) is 8. The van der Waals surface area contributed by atoms with Gasteiger partial charge in [0.15, 0.2) is 0 Å². The van der Waals surface area contributed by atoms with Crippen LogP contribution < -0.4 is 5.32 Å². The van der Waals surface area contributed by atoms with E-state index in [0.29, 0.717) is 19.1 Å². The summed E-state index contributed by atoms with van der Waals surface area (Å²) in [5.74, 6) is -0.250. The second kappa shape index (κ2) is 9.20. The zero-order valence-electron chi connectivity index (χ0n) is 19.6. The molecule has 35 heavy (non-hydrogen) atoms. The van der Waals surface area contributed by atoms with Crippen molar-refractivity contribution in [3.05, 3.63) is 43.2 Å². The van der Waals surface area contributed by atoms with Crippen molar-refractivity contribution in [2.45, 2.75) is 38.8 Å². The van der Waals surface area contributed by atoms with E-state index in [4.69, 9.17) is 10.1 Å². The van der Waals surface area contributed by atoms with Crippen LogP contribution in [0.15, 0.2) is 43.2 Å². The highest BCUT2D eigenvalue weighted by Crippen LogP contribution is 2.29. The highest BCUT2D eigenvalue weighted by molar-refractivity contribution is 5.82. The molecule has 0 radical (unpaired) electrons. The molecule has 0 atom stereocenters. The Labute approximate surface area is 201 Å². The number of nitrogens with one attached hydrogen (secondary N) is 1. The molecule has 12 nitrogen and oxygen atoms in total. The van der Waals surface area contributed by atoms with Crippen LogP contribution in [-0.4, -0.2) is 75.8 Å². The third-order valence-electron chi connectivity index (χ3n) is 6.46. The zero-order chi connectivity index (χ0) is 24.5. The Morgan fingerprint density at radius 1 is 1.09 bits per heavy atom. The molecule has 5 heterocycles. The highest BCUT2D eigenvalue weighted by Gasteiger charge is 2.32. The summed E-state index contributed by atoms with van der Waals surface area (Å²) in [4.78, 5) is 29.2. The molecule has 0 saturated carbocycles. The van der Waals surface area contributed by atoms with E-state index >= 15 is 0 Å². The fourth-order valence-electron chi connectivity index (χ4n) is 4.36. The van der Waals surface area contributed by atoms with Gasteiger partial charge in [-0.05, 0) is 18.9 Å². The van der Waals surface area contributed by atoms with Crippen LogP contribution >= 0.6 is 0 Å². The SMILES string of the molecule is CCC(CC)n1cc(-c2nc(-c3cnn(C4CN(C(=O)CNC(=O)O)C4)c3)cn3nccc23)cn1. The normalized spacial score (nSPS) is 14.0. The van der Waals surface area contributed by atoms with Crippen LogP contribution in [0.25, 0.3) is 28.0 Å². The Bertz CT molecular complexity index is 1360. The molecule has 12 heteroatoms. The topological polar surface area (TPSA) is 135 Å². The van der Waals surface area contributed by atoms with Crippen LogP contribution in [0.1, 0.15) is 38.8 Å². The first-order chi connectivity index (χ1) is 17.0. The molecule has 1 saturated heterocycles. The Morgan fingerprint density at radius 2 is 1.86 bits per heavy atom. The first kappa shape index (κ1) is 22.6. The van der Waals surface area contributed by atoms with Gasteiger partial charge < -0.3 is 15.3 Å². The van der Waals surface area contributed by atoms with Gasteiger partial charge in [-0.3, -0.25) is 14.2 Å². The molecule has 1 aliphatic rings. The van der Waals surface area contributed by atoms with Gasteiger partial charge in [0, 0.05) is 36.6 Å². The molecule has 0 bridgehead atoms. The molecule has 4 aromatic rings. The van der Waals surface area contributed by atoms with Gasteiger partial charge in [0.05, 0.1) is 53.8 Å². The van der Waals surface area contributed by atoms with Gasteiger partial charge >= 0.3 is 6.09 Å². The van der Waals surface area contributed by atoms with Gasteiger partial charge in [-0.25, -0.2) is 14.3 Å². The van der Waals surface area contributed by atoms with Crippen LogP contribution in [0.3, 0.4) is 0 Å². The number of fused-ring (bicyclic) bond motifs is 1. The summed E-state index contributed by atoms with van der Waals surface area (Å²) in [6, 6.07) is 2.31. The molecule has 2 amide bonds. The standard InChI is InChI=1S/C23H27N9O3/c1-3-17(4-2)30-11-16(8-27-30)22-20-5-6-25-32(20)14-19(28-22)15-7-26-31(10-15)18-12-29(13-18)21(33)9-24-23(34)35/h5-8,10-11,14,17-18,24H,3-4,9,12-13H2,1-2H3,(H,34,35). The zero-order valence-corrected chi connectivity index (χ0v) is 19.6. The van der Waals surface area contributed by atoms with Gasteiger partial charge in [0.2, 0.25) is 5.91 Å². The van der Waals surface area contributed by atoms with Crippen LogP contribution in [-0.2, 0) is 4.79 Å². The molecular formula is C23H27N9O3. The quantitative estimate of drug-likeness (QED) is 0.398. The van der Waals surface area contributed by atoms with Gasteiger partial charge in [0.25, 0.3) is 0 Å². The maximum Gasteiger partial charge on any atom is 0.405 e. The number of aromatic nitrogens is 7. The van der Waals surface area contributed by atoms with Crippen molar-refractivity contribution in [2.24, 2.45) is 0 Å². The van der Waals surface area contributed by atoms with E-state index in [1.807, 2.05) is 44.7 Å². The molecule has 5 rings (SSSR count). The van der Waals surface area contributed by atoms with Crippen molar-refractivity contribution >= 4 is 17.5 Å². The maximum atomic E-state index is 12.0. The Hall–Kier alpha value is -4.22. The van der Waals surface area contributed by atoms with Crippen LogP contribution in [0.2, 0.25) is 0 Å². The van der Waals surface area contributed by atoms with Crippen molar-refractivity contribution in [2.75, 3.05) is 19.6 Å². The molecule has 1 aliphatic heterocycles. The third kappa shape index (κ3) is 4.34. The number of carboxylic acid groups (broad SMARTS) is 1. The first-order valence-corrected chi connectivity index (χ1v) is 11.6. The number of carbonyl (C=O) groups is 2. The van der Waals surface area contributed by atoms with E-state index in [1.54, 1.807) is 17.3 Å². The number of hydrogen-bond acceptors (Lipinski definition) is 6. The molecular weight excluding hydrogens is 450 g/mol. The number of hydrogen-bond donors (Lipinski definition) is 2.